The minimum Gasteiger partial charge on any atom is -0.271 e. The van der Waals surface area contributed by atoms with E-state index in [1.807, 2.05) is 0 Å². The van der Waals surface area contributed by atoms with E-state index in [9.17, 15) is 9.59 Å². The van der Waals surface area contributed by atoms with Gasteiger partial charge in [-0.15, -0.1) is 0 Å². The van der Waals surface area contributed by atoms with E-state index in [2.05, 4.69) is 5.43 Å². The van der Waals surface area contributed by atoms with Crippen LogP contribution in [0.2, 0.25) is 0 Å². The number of benzene rings is 1. The van der Waals surface area contributed by atoms with Gasteiger partial charge in [-0.3, -0.25) is 25.8 Å². The van der Waals surface area contributed by atoms with Crippen LogP contribution in [0.25, 0.3) is 0 Å². The van der Waals surface area contributed by atoms with E-state index in [1.54, 1.807) is 38.1 Å². The van der Waals surface area contributed by atoms with E-state index < -0.39 is 5.54 Å². The van der Waals surface area contributed by atoms with Crippen molar-refractivity contribution in [2.75, 3.05) is 6.54 Å². The van der Waals surface area contributed by atoms with Crippen LogP contribution in [-0.2, 0) is 0 Å². The Hall–Kier alpha value is -1.72. The predicted molar refractivity (Wildman–Crippen MR) is 63.2 cm³/mol. The topological polar surface area (TPSA) is 75.4 Å². The zero-order valence-electron chi connectivity index (χ0n) is 9.86. The number of hydrogen-bond donors (Lipinski definition) is 2. The van der Waals surface area contributed by atoms with Crippen LogP contribution in [0.15, 0.2) is 24.3 Å². The summed E-state index contributed by atoms with van der Waals surface area (Å²) >= 11 is 0. The molecule has 0 atom stereocenters. The lowest BCUT2D eigenvalue weighted by Gasteiger charge is -2.33. The van der Waals surface area contributed by atoms with Crippen molar-refractivity contribution >= 4 is 11.8 Å². The van der Waals surface area contributed by atoms with Crippen molar-refractivity contribution in [3.63, 3.8) is 0 Å². The van der Waals surface area contributed by atoms with E-state index in [1.165, 1.54) is 4.90 Å². The van der Waals surface area contributed by atoms with Crippen LogP contribution in [0.4, 0.5) is 0 Å². The third kappa shape index (κ3) is 1.73. The first-order chi connectivity index (χ1) is 7.99. The molecule has 0 fully saturated rings. The number of carbonyl (C=O) groups excluding carboxylic acids is 2. The average molecular weight is 233 g/mol. The lowest BCUT2D eigenvalue weighted by Crippen LogP contribution is -2.54. The number of nitrogens with zero attached hydrogens (tertiary/aromatic N) is 1. The smallest absolute Gasteiger partial charge is 0.262 e. The van der Waals surface area contributed by atoms with E-state index in [4.69, 9.17) is 5.84 Å². The Balaban J connectivity index is 2.43. The Morgan fingerprint density at radius 2 is 1.65 bits per heavy atom. The largest absolute Gasteiger partial charge is 0.271 e. The van der Waals surface area contributed by atoms with Gasteiger partial charge >= 0.3 is 0 Å². The van der Waals surface area contributed by atoms with Crippen LogP contribution in [0.1, 0.15) is 34.6 Å². The Bertz CT molecular complexity index is 447. The summed E-state index contributed by atoms with van der Waals surface area (Å²) in [7, 11) is 0. The molecule has 2 rings (SSSR count). The highest BCUT2D eigenvalue weighted by atomic mass is 16.2. The quantitative estimate of drug-likeness (QED) is 0.453. The van der Waals surface area contributed by atoms with Gasteiger partial charge in [0.05, 0.1) is 16.7 Å². The number of amides is 2. The third-order valence-corrected chi connectivity index (χ3v) is 2.93. The molecule has 2 amide bonds. The number of fused-ring (bicyclic) bond motifs is 1. The molecule has 0 saturated heterocycles. The van der Waals surface area contributed by atoms with Crippen molar-refractivity contribution in [3.8, 4) is 0 Å². The van der Waals surface area contributed by atoms with Gasteiger partial charge in [-0.2, -0.15) is 0 Å². The van der Waals surface area contributed by atoms with Crippen LogP contribution >= 0.6 is 0 Å². The minimum absolute atomic E-state index is 0.258. The van der Waals surface area contributed by atoms with E-state index >= 15 is 0 Å². The summed E-state index contributed by atoms with van der Waals surface area (Å²) in [5.74, 6) is 4.76. The maximum atomic E-state index is 12.2. The normalized spacial score (nSPS) is 15.4. The zero-order valence-corrected chi connectivity index (χ0v) is 9.86. The molecule has 0 aliphatic carbocycles. The zero-order chi connectivity index (χ0) is 12.6. The van der Waals surface area contributed by atoms with Gasteiger partial charge in [0.15, 0.2) is 0 Å². The van der Waals surface area contributed by atoms with Crippen molar-refractivity contribution in [3.05, 3.63) is 35.4 Å². The maximum absolute atomic E-state index is 12.2. The van der Waals surface area contributed by atoms with E-state index in [-0.39, 0.29) is 11.8 Å². The molecule has 5 heteroatoms. The fraction of sp³-hybridized carbons (Fsp3) is 0.333. The van der Waals surface area contributed by atoms with Gasteiger partial charge in [-0.25, -0.2) is 0 Å². The number of hydrazine groups is 1. The van der Waals surface area contributed by atoms with Crippen molar-refractivity contribution in [2.45, 2.75) is 19.4 Å². The Morgan fingerprint density at radius 1 is 1.18 bits per heavy atom. The molecular weight excluding hydrogens is 218 g/mol. The Morgan fingerprint density at radius 3 is 2.06 bits per heavy atom. The highest BCUT2D eigenvalue weighted by Crippen LogP contribution is 2.28. The maximum Gasteiger partial charge on any atom is 0.262 e. The summed E-state index contributed by atoms with van der Waals surface area (Å²) in [4.78, 5) is 25.6. The monoisotopic (exact) mass is 233 g/mol. The molecule has 0 spiro atoms. The van der Waals surface area contributed by atoms with Crippen LogP contribution in [0.3, 0.4) is 0 Å². The standard InChI is InChI=1S/C12H15N3O2/c1-12(2,7-14-13)15-10(16)8-5-3-4-6-9(8)11(15)17/h3-6,14H,7,13H2,1-2H3. The lowest BCUT2D eigenvalue weighted by atomic mass is 10.0. The van der Waals surface area contributed by atoms with E-state index in [0.29, 0.717) is 17.7 Å². The predicted octanol–water partition coefficient (Wildman–Crippen LogP) is 0.524. The summed E-state index contributed by atoms with van der Waals surface area (Å²) < 4.78 is 0. The van der Waals surface area contributed by atoms with Gasteiger partial charge in [-0.1, -0.05) is 12.1 Å². The van der Waals surface area contributed by atoms with Crippen molar-refractivity contribution in [1.29, 1.82) is 0 Å². The van der Waals surface area contributed by atoms with Gasteiger partial charge in [0, 0.05) is 6.54 Å². The third-order valence-electron chi connectivity index (χ3n) is 2.93. The fourth-order valence-corrected chi connectivity index (χ4v) is 2.07. The van der Waals surface area contributed by atoms with Gasteiger partial charge in [-0.05, 0) is 26.0 Å². The Kier molecular flexibility index (Phi) is 2.73. The molecule has 0 aromatic heterocycles. The molecule has 5 nitrogen and oxygen atoms in total. The highest BCUT2D eigenvalue weighted by Gasteiger charge is 2.43. The first-order valence-corrected chi connectivity index (χ1v) is 5.40. The van der Waals surface area contributed by atoms with Gasteiger partial charge in [0.1, 0.15) is 0 Å². The second kappa shape index (κ2) is 3.94. The molecule has 1 aromatic rings. The minimum atomic E-state index is -0.651. The van der Waals surface area contributed by atoms with Crippen LogP contribution in [0.5, 0.6) is 0 Å². The Labute approximate surface area is 99.6 Å². The number of rotatable bonds is 3. The molecule has 0 unspecified atom stereocenters. The van der Waals surface area contributed by atoms with Gasteiger partial charge < -0.3 is 0 Å². The van der Waals surface area contributed by atoms with Crippen molar-refractivity contribution < 1.29 is 9.59 Å². The highest BCUT2D eigenvalue weighted by molar-refractivity contribution is 6.21. The van der Waals surface area contributed by atoms with E-state index in [0.717, 1.165) is 0 Å². The fourth-order valence-electron chi connectivity index (χ4n) is 2.07. The molecule has 0 saturated carbocycles. The summed E-state index contributed by atoms with van der Waals surface area (Å²) in [6, 6.07) is 6.84. The molecule has 90 valence electrons. The molecule has 1 aromatic carbocycles. The summed E-state index contributed by atoms with van der Waals surface area (Å²) in [5, 5.41) is 0. The number of nitrogens with one attached hydrogen (secondary N) is 1. The van der Waals surface area contributed by atoms with Crippen molar-refractivity contribution in [2.24, 2.45) is 5.84 Å². The number of hydrogen-bond acceptors (Lipinski definition) is 4. The summed E-state index contributed by atoms with van der Waals surface area (Å²) in [5.41, 5.74) is 2.78. The molecular formula is C12H15N3O2. The number of nitrogens with two attached hydrogens (primary N) is 1. The molecule has 17 heavy (non-hydrogen) atoms. The molecule has 1 aliphatic heterocycles. The van der Waals surface area contributed by atoms with Crippen molar-refractivity contribution in [1.82, 2.24) is 10.3 Å². The molecule has 0 radical (unpaired) electrons. The second-order valence-electron chi connectivity index (χ2n) is 4.68. The lowest BCUT2D eigenvalue weighted by molar-refractivity contribution is 0.0481. The molecule has 0 bridgehead atoms. The second-order valence-corrected chi connectivity index (χ2v) is 4.68. The van der Waals surface area contributed by atoms with Crippen LogP contribution in [-0.4, -0.2) is 28.8 Å². The summed E-state index contributed by atoms with van der Waals surface area (Å²) in [6.45, 7) is 3.95. The first-order valence-electron chi connectivity index (χ1n) is 5.40. The number of carbonyl (C=O) groups is 2. The molecule has 1 heterocycles. The van der Waals surface area contributed by atoms with Gasteiger partial charge in [0.2, 0.25) is 0 Å². The van der Waals surface area contributed by atoms with Crippen LogP contribution < -0.4 is 11.3 Å². The molecule has 1 aliphatic rings. The van der Waals surface area contributed by atoms with Gasteiger partial charge in [0.25, 0.3) is 11.8 Å². The van der Waals surface area contributed by atoms with Crippen LogP contribution in [0, 0.1) is 0 Å². The summed E-state index contributed by atoms with van der Waals surface area (Å²) in [6.07, 6.45) is 0. The number of imide groups is 1. The SMILES string of the molecule is CC(C)(CNN)N1C(=O)c2ccccc2C1=O. The average Bonchev–Trinajstić information content (AvgIpc) is 2.53. The molecule has 3 N–H and O–H groups in total. The first kappa shape index (κ1) is 11.8.